The molecule has 4 nitrogen and oxygen atoms in total. The highest BCUT2D eigenvalue weighted by Crippen LogP contribution is 2.26. The van der Waals surface area contributed by atoms with Crippen molar-refractivity contribution in [3.8, 4) is 0 Å². The van der Waals surface area contributed by atoms with Gasteiger partial charge in [-0.25, -0.2) is 0 Å². The molecule has 2 fully saturated rings. The molecular weight excluding hydrogens is 298 g/mol. The molecule has 104 valence electrons. The molecule has 0 saturated carbocycles. The quantitative estimate of drug-likeness (QED) is 0.729. The number of rotatable bonds is 2. The fraction of sp³-hybridized carbons (Fsp3) is 0.923. The topological polar surface area (TPSA) is 38.8 Å². The summed E-state index contributed by atoms with van der Waals surface area (Å²) in [6.07, 6.45) is 1.13. The van der Waals surface area contributed by atoms with Crippen molar-refractivity contribution in [3.63, 3.8) is 0 Å². The maximum atomic E-state index is 12.5. The molecule has 2 aliphatic heterocycles. The molecule has 3 unspecified atom stereocenters. The summed E-state index contributed by atoms with van der Waals surface area (Å²) >= 11 is 3.44. The van der Waals surface area contributed by atoms with E-state index >= 15 is 0 Å². The third-order valence-corrected chi connectivity index (χ3v) is 4.23. The smallest absolute Gasteiger partial charge is 0.228 e. The molecule has 0 aliphatic carbocycles. The second-order valence-electron chi connectivity index (χ2n) is 5.95. The number of carbonyl (C=O) groups excluding carboxylic acids is 1. The predicted molar refractivity (Wildman–Crippen MR) is 72.8 cm³/mol. The number of amides is 1. The van der Waals surface area contributed by atoms with Gasteiger partial charge in [0.2, 0.25) is 5.91 Å². The first-order valence-corrected chi connectivity index (χ1v) is 7.67. The van der Waals surface area contributed by atoms with E-state index in [-0.39, 0.29) is 29.6 Å². The zero-order valence-electron chi connectivity index (χ0n) is 11.3. The van der Waals surface area contributed by atoms with Crippen LogP contribution in [0.25, 0.3) is 0 Å². The molecule has 5 heteroatoms. The SMILES string of the molecule is CC1CC(C(=O)N2CC(CBr)OC(C)(C)C2)CO1. The van der Waals surface area contributed by atoms with Gasteiger partial charge >= 0.3 is 0 Å². The molecule has 2 aliphatic rings. The van der Waals surface area contributed by atoms with E-state index in [4.69, 9.17) is 9.47 Å². The lowest BCUT2D eigenvalue weighted by atomic mass is 10.0. The molecule has 0 aromatic rings. The number of hydrogen-bond acceptors (Lipinski definition) is 3. The van der Waals surface area contributed by atoms with Crippen molar-refractivity contribution in [1.29, 1.82) is 0 Å². The highest BCUT2D eigenvalue weighted by molar-refractivity contribution is 9.09. The lowest BCUT2D eigenvalue weighted by Crippen LogP contribution is -2.56. The maximum Gasteiger partial charge on any atom is 0.228 e. The summed E-state index contributed by atoms with van der Waals surface area (Å²) < 4.78 is 11.4. The fourth-order valence-electron chi connectivity index (χ4n) is 2.79. The minimum atomic E-state index is -0.266. The van der Waals surface area contributed by atoms with E-state index in [1.165, 1.54) is 0 Å². The minimum absolute atomic E-state index is 0.0323. The third-order valence-electron chi connectivity index (χ3n) is 3.51. The minimum Gasteiger partial charge on any atom is -0.378 e. The zero-order chi connectivity index (χ0) is 13.3. The largest absolute Gasteiger partial charge is 0.378 e. The first-order valence-electron chi connectivity index (χ1n) is 6.55. The second kappa shape index (κ2) is 5.47. The average Bonchev–Trinajstić information content (AvgIpc) is 2.72. The Morgan fingerprint density at radius 3 is 2.78 bits per heavy atom. The van der Waals surface area contributed by atoms with Crippen molar-refractivity contribution in [3.05, 3.63) is 0 Å². The first-order chi connectivity index (χ1) is 8.41. The van der Waals surface area contributed by atoms with Gasteiger partial charge in [0.25, 0.3) is 0 Å². The summed E-state index contributed by atoms with van der Waals surface area (Å²) in [5, 5.41) is 0.762. The predicted octanol–water partition coefficient (Wildman–Crippen LogP) is 1.81. The van der Waals surface area contributed by atoms with Crippen molar-refractivity contribution >= 4 is 21.8 Å². The van der Waals surface area contributed by atoms with Crippen LogP contribution in [0.15, 0.2) is 0 Å². The van der Waals surface area contributed by atoms with Crippen LogP contribution in [0.1, 0.15) is 27.2 Å². The molecule has 2 heterocycles. The van der Waals surface area contributed by atoms with E-state index < -0.39 is 0 Å². The maximum absolute atomic E-state index is 12.5. The lowest BCUT2D eigenvalue weighted by Gasteiger charge is -2.43. The number of alkyl halides is 1. The van der Waals surface area contributed by atoms with Crippen LogP contribution in [-0.2, 0) is 14.3 Å². The molecule has 0 radical (unpaired) electrons. The molecule has 2 saturated heterocycles. The average molecular weight is 320 g/mol. The van der Waals surface area contributed by atoms with Gasteiger partial charge in [-0.3, -0.25) is 4.79 Å². The number of carbonyl (C=O) groups is 1. The van der Waals surface area contributed by atoms with Gasteiger partial charge in [-0.2, -0.15) is 0 Å². The molecule has 1 amide bonds. The number of nitrogens with zero attached hydrogens (tertiary/aromatic N) is 1. The van der Waals surface area contributed by atoms with Gasteiger partial charge in [0.15, 0.2) is 0 Å². The Bertz CT molecular complexity index is 321. The molecule has 3 atom stereocenters. The van der Waals surface area contributed by atoms with Gasteiger partial charge in [-0.05, 0) is 27.2 Å². The van der Waals surface area contributed by atoms with Crippen LogP contribution in [0.2, 0.25) is 0 Å². The Labute approximate surface area is 117 Å². The van der Waals surface area contributed by atoms with Crippen LogP contribution in [0, 0.1) is 5.92 Å². The molecular formula is C13H22BrNO3. The van der Waals surface area contributed by atoms with Crippen molar-refractivity contribution in [2.45, 2.75) is 45.0 Å². The summed E-state index contributed by atoms with van der Waals surface area (Å²) in [7, 11) is 0. The molecule has 0 aromatic heterocycles. The van der Waals surface area contributed by atoms with Crippen molar-refractivity contribution in [1.82, 2.24) is 4.90 Å². The first kappa shape index (κ1) is 14.3. The number of hydrogen-bond donors (Lipinski definition) is 0. The van der Waals surface area contributed by atoms with Crippen LogP contribution in [0.4, 0.5) is 0 Å². The van der Waals surface area contributed by atoms with Crippen LogP contribution in [0.3, 0.4) is 0 Å². The Balaban J connectivity index is 2.00. The second-order valence-corrected chi connectivity index (χ2v) is 6.60. The third kappa shape index (κ3) is 3.25. The molecule has 0 spiro atoms. The van der Waals surface area contributed by atoms with Crippen molar-refractivity contribution in [2.75, 3.05) is 25.0 Å². The highest BCUT2D eigenvalue weighted by atomic mass is 79.9. The van der Waals surface area contributed by atoms with E-state index in [2.05, 4.69) is 15.9 Å². The molecule has 0 aromatic carbocycles. The Hall–Kier alpha value is -0.130. The lowest BCUT2D eigenvalue weighted by molar-refractivity contribution is -0.160. The van der Waals surface area contributed by atoms with E-state index in [0.29, 0.717) is 19.7 Å². The summed E-state index contributed by atoms with van der Waals surface area (Å²) in [4.78, 5) is 14.4. The van der Waals surface area contributed by atoms with E-state index in [1.54, 1.807) is 0 Å². The number of ether oxygens (including phenoxy) is 2. The number of halogens is 1. The van der Waals surface area contributed by atoms with Crippen molar-refractivity contribution in [2.24, 2.45) is 5.92 Å². The van der Waals surface area contributed by atoms with Crippen LogP contribution in [0.5, 0.6) is 0 Å². The molecule has 18 heavy (non-hydrogen) atoms. The van der Waals surface area contributed by atoms with E-state index in [0.717, 1.165) is 11.8 Å². The van der Waals surface area contributed by atoms with Crippen LogP contribution >= 0.6 is 15.9 Å². The summed E-state index contributed by atoms with van der Waals surface area (Å²) in [6.45, 7) is 8.01. The monoisotopic (exact) mass is 319 g/mol. The summed E-state index contributed by atoms with van der Waals surface area (Å²) in [5.74, 6) is 0.256. The fourth-order valence-corrected chi connectivity index (χ4v) is 3.13. The van der Waals surface area contributed by atoms with Gasteiger partial charge in [-0.15, -0.1) is 0 Å². The zero-order valence-corrected chi connectivity index (χ0v) is 12.9. The Kier molecular flexibility index (Phi) is 4.34. The molecule has 0 N–H and O–H groups in total. The number of morpholine rings is 1. The highest BCUT2D eigenvalue weighted by Gasteiger charge is 2.39. The van der Waals surface area contributed by atoms with Gasteiger partial charge in [0.1, 0.15) is 0 Å². The Morgan fingerprint density at radius 2 is 2.22 bits per heavy atom. The van der Waals surface area contributed by atoms with Crippen LogP contribution in [-0.4, -0.2) is 53.6 Å². The summed E-state index contributed by atoms with van der Waals surface area (Å²) in [5.41, 5.74) is -0.266. The van der Waals surface area contributed by atoms with Crippen LogP contribution < -0.4 is 0 Å². The van der Waals surface area contributed by atoms with Gasteiger partial charge in [-0.1, -0.05) is 15.9 Å². The normalized spacial score (nSPS) is 35.8. The van der Waals surface area contributed by atoms with Gasteiger partial charge < -0.3 is 14.4 Å². The Morgan fingerprint density at radius 1 is 1.50 bits per heavy atom. The standard InChI is InChI=1S/C13H22BrNO3/c1-9-4-10(7-17-9)12(16)15-6-11(5-14)18-13(2,3)8-15/h9-11H,4-8H2,1-3H3. The van der Waals surface area contributed by atoms with E-state index in [1.807, 2.05) is 25.7 Å². The molecule has 0 bridgehead atoms. The molecule has 2 rings (SSSR count). The summed E-state index contributed by atoms with van der Waals surface area (Å²) in [6, 6.07) is 0. The van der Waals surface area contributed by atoms with E-state index in [9.17, 15) is 4.79 Å². The van der Waals surface area contributed by atoms with Gasteiger partial charge in [0, 0.05) is 18.4 Å². The van der Waals surface area contributed by atoms with Crippen molar-refractivity contribution < 1.29 is 14.3 Å². The van der Waals surface area contributed by atoms with Gasteiger partial charge in [0.05, 0.1) is 30.3 Å².